The van der Waals surface area contributed by atoms with Gasteiger partial charge in [0.1, 0.15) is 12.4 Å². The summed E-state index contributed by atoms with van der Waals surface area (Å²) in [5.74, 6) is -1.53. The molecular formula is C9H9F3N2O2. The lowest BCUT2D eigenvalue weighted by Crippen LogP contribution is -2.45. The van der Waals surface area contributed by atoms with Gasteiger partial charge in [-0.15, -0.1) is 0 Å². The number of hydrogen-bond acceptors (Lipinski definition) is 3. The van der Waals surface area contributed by atoms with E-state index in [9.17, 15) is 18.0 Å². The van der Waals surface area contributed by atoms with Crippen molar-refractivity contribution in [2.45, 2.75) is 25.1 Å². The van der Waals surface area contributed by atoms with Crippen LogP contribution in [0.3, 0.4) is 0 Å². The molecule has 4 nitrogen and oxygen atoms in total. The monoisotopic (exact) mass is 234 g/mol. The van der Waals surface area contributed by atoms with E-state index in [0.29, 0.717) is 0 Å². The van der Waals surface area contributed by atoms with Gasteiger partial charge in [-0.2, -0.15) is 13.2 Å². The molecule has 2 unspecified atom stereocenters. The summed E-state index contributed by atoms with van der Waals surface area (Å²) in [6.07, 6.45) is -2.05. The van der Waals surface area contributed by atoms with E-state index in [-0.39, 0.29) is 12.8 Å². The van der Waals surface area contributed by atoms with Crippen LogP contribution in [-0.2, 0) is 4.74 Å². The summed E-state index contributed by atoms with van der Waals surface area (Å²) in [6, 6.07) is 0. The third-order valence-corrected chi connectivity index (χ3v) is 2.60. The average Bonchev–Trinajstić information content (AvgIpc) is 2.61. The number of rotatable bonds is 1. The molecule has 0 saturated heterocycles. The van der Waals surface area contributed by atoms with Crippen molar-refractivity contribution in [2.75, 3.05) is 0 Å². The Hall–Kier alpha value is -1.53. The van der Waals surface area contributed by atoms with Crippen molar-refractivity contribution in [1.82, 2.24) is 9.55 Å². The molecule has 0 radical (unpaired) electrons. The van der Waals surface area contributed by atoms with Crippen LogP contribution in [0, 0.1) is 5.92 Å². The third kappa shape index (κ3) is 2.02. The molecule has 16 heavy (non-hydrogen) atoms. The first-order valence-electron chi connectivity index (χ1n) is 4.74. The maximum absolute atomic E-state index is 12.3. The van der Waals surface area contributed by atoms with Gasteiger partial charge in [-0.05, 0) is 12.8 Å². The molecule has 2 rings (SSSR count). The number of carbonyl (C=O) groups is 1. The van der Waals surface area contributed by atoms with Crippen LogP contribution in [0.5, 0.6) is 0 Å². The highest BCUT2D eigenvalue weighted by Crippen LogP contribution is 2.42. The summed E-state index contributed by atoms with van der Waals surface area (Å²) in [6.45, 7) is 0. The predicted molar refractivity (Wildman–Crippen MR) is 46.7 cm³/mol. The van der Waals surface area contributed by atoms with Crippen LogP contribution >= 0.6 is 0 Å². The summed E-state index contributed by atoms with van der Waals surface area (Å²) in [5.41, 5.74) is 0. The normalized spacial score (nSPS) is 24.9. The van der Waals surface area contributed by atoms with Crippen LogP contribution in [0.1, 0.15) is 12.8 Å². The minimum Gasteiger partial charge on any atom is -0.445 e. The van der Waals surface area contributed by atoms with Gasteiger partial charge in [0.25, 0.3) is 0 Å². The fourth-order valence-electron chi connectivity index (χ4n) is 1.54. The Morgan fingerprint density at radius 1 is 1.44 bits per heavy atom. The molecule has 0 bridgehead atoms. The predicted octanol–water partition coefficient (Wildman–Crippen LogP) is 2.21. The first-order valence-corrected chi connectivity index (χ1v) is 4.74. The highest BCUT2D eigenvalue weighted by Gasteiger charge is 2.52. The van der Waals surface area contributed by atoms with Crippen molar-refractivity contribution in [2.24, 2.45) is 5.92 Å². The third-order valence-electron chi connectivity index (χ3n) is 2.60. The Balaban J connectivity index is 1.94. The molecule has 0 aliphatic heterocycles. The first-order chi connectivity index (χ1) is 7.48. The van der Waals surface area contributed by atoms with Crippen molar-refractivity contribution in [1.29, 1.82) is 0 Å². The summed E-state index contributed by atoms with van der Waals surface area (Å²) in [5, 5.41) is 0. The molecule has 1 heterocycles. The number of hydrogen-bond donors (Lipinski definition) is 0. The zero-order chi connectivity index (χ0) is 11.8. The van der Waals surface area contributed by atoms with E-state index >= 15 is 0 Å². The van der Waals surface area contributed by atoms with Crippen molar-refractivity contribution in [3.05, 3.63) is 18.7 Å². The summed E-state index contributed by atoms with van der Waals surface area (Å²) < 4.78 is 42.7. The van der Waals surface area contributed by atoms with Gasteiger partial charge >= 0.3 is 12.3 Å². The van der Waals surface area contributed by atoms with Crippen molar-refractivity contribution in [3.8, 4) is 0 Å². The summed E-state index contributed by atoms with van der Waals surface area (Å²) in [7, 11) is 0. The number of aromatic nitrogens is 2. The summed E-state index contributed by atoms with van der Waals surface area (Å²) in [4.78, 5) is 14.9. The topological polar surface area (TPSA) is 44.1 Å². The van der Waals surface area contributed by atoms with Gasteiger partial charge in [0.05, 0.1) is 5.92 Å². The van der Waals surface area contributed by atoms with E-state index in [1.807, 2.05) is 0 Å². The van der Waals surface area contributed by atoms with Crippen molar-refractivity contribution < 1.29 is 22.7 Å². The first kappa shape index (κ1) is 11.0. The molecule has 0 spiro atoms. The summed E-state index contributed by atoms with van der Waals surface area (Å²) >= 11 is 0. The second kappa shape index (κ2) is 3.80. The largest absolute Gasteiger partial charge is 0.445 e. The minimum atomic E-state index is -4.29. The molecule has 0 amide bonds. The number of nitrogens with zero attached hydrogens (tertiary/aromatic N) is 2. The van der Waals surface area contributed by atoms with Gasteiger partial charge in [-0.1, -0.05) is 0 Å². The van der Waals surface area contributed by atoms with Crippen LogP contribution in [0.2, 0.25) is 0 Å². The number of imidazole rings is 1. The smallest absolute Gasteiger partial charge is 0.419 e. The van der Waals surface area contributed by atoms with Crippen molar-refractivity contribution >= 4 is 6.09 Å². The van der Waals surface area contributed by atoms with Gasteiger partial charge in [-0.3, -0.25) is 0 Å². The molecule has 0 aromatic carbocycles. The Kier molecular flexibility index (Phi) is 2.61. The highest BCUT2D eigenvalue weighted by atomic mass is 19.4. The quantitative estimate of drug-likeness (QED) is 0.748. The van der Waals surface area contributed by atoms with Gasteiger partial charge in [-0.25, -0.2) is 14.3 Å². The molecule has 1 aromatic heterocycles. The Labute approximate surface area is 89.0 Å². The lowest BCUT2D eigenvalue weighted by Gasteiger charge is -2.36. The fourth-order valence-corrected chi connectivity index (χ4v) is 1.54. The van der Waals surface area contributed by atoms with E-state index < -0.39 is 24.3 Å². The number of halogens is 3. The van der Waals surface area contributed by atoms with Crippen LogP contribution in [0.4, 0.5) is 18.0 Å². The lowest BCUT2D eigenvalue weighted by atomic mass is 9.81. The second-order valence-electron chi connectivity index (χ2n) is 3.62. The molecule has 1 aliphatic rings. The number of ether oxygens (including phenoxy) is 1. The lowest BCUT2D eigenvalue weighted by molar-refractivity contribution is -0.226. The second-order valence-corrected chi connectivity index (χ2v) is 3.62. The molecule has 1 aromatic rings. The Morgan fingerprint density at radius 2 is 2.19 bits per heavy atom. The average molecular weight is 234 g/mol. The number of alkyl halides is 3. The van der Waals surface area contributed by atoms with Crippen LogP contribution < -0.4 is 0 Å². The van der Waals surface area contributed by atoms with Crippen molar-refractivity contribution in [3.63, 3.8) is 0 Å². The molecule has 1 fully saturated rings. The van der Waals surface area contributed by atoms with Crippen LogP contribution in [-0.4, -0.2) is 27.9 Å². The highest BCUT2D eigenvalue weighted by molar-refractivity contribution is 5.70. The Bertz CT molecular complexity index is 375. The van der Waals surface area contributed by atoms with Gasteiger partial charge in [0.15, 0.2) is 0 Å². The zero-order valence-corrected chi connectivity index (χ0v) is 8.15. The molecule has 0 N–H and O–H groups in total. The Morgan fingerprint density at radius 3 is 2.62 bits per heavy atom. The molecule has 1 aliphatic carbocycles. The van der Waals surface area contributed by atoms with E-state index in [4.69, 9.17) is 4.74 Å². The molecule has 2 atom stereocenters. The molecule has 7 heteroatoms. The minimum absolute atomic E-state index is 0.0192. The van der Waals surface area contributed by atoms with E-state index in [2.05, 4.69) is 4.98 Å². The van der Waals surface area contributed by atoms with Crippen LogP contribution in [0.25, 0.3) is 0 Å². The maximum atomic E-state index is 12.3. The zero-order valence-electron chi connectivity index (χ0n) is 8.15. The molecule has 1 saturated carbocycles. The van der Waals surface area contributed by atoms with Gasteiger partial charge < -0.3 is 4.74 Å². The number of carbonyl (C=O) groups excluding carboxylic acids is 1. The standard InChI is InChI=1S/C9H9F3N2O2/c10-9(11,12)6-1-2-7(6)16-8(15)14-4-3-13-5-14/h3-7H,1-2H2. The van der Waals surface area contributed by atoms with E-state index in [1.165, 1.54) is 18.7 Å². The fraction of sp³-hybridized carbons (Fsp3) is 0.556. The SMILES string of the molecule is O=C(OC1CCC1C(F)(F)F)n1ccnc1. The molecular weight excluding hydrogens is 225 g/mol. The van der Waals surface area contributed by atoms with Gasteiger partial charge in [0.2, 0.25) is 0 Å². The van der Waals surface area contributed by atoms with Gasteiger partial charge in [0, 0.05) is 12.4 Å². The maximum Gasteiger partial charge on any atom is 0.419 e. The van der Waals surface area contributed by atoms with E-state index in [0.717, 1.165) is 4.57 Å². The molecule has 88 valence electrons. The van der Waals surface area contributed by atoms with Crippen LogP contribution in [0.15, 0.2) is 18.7 Å². The van der Waals surface area contributed by atoms with E-state index in [1.54, 1.807) is 0 Å².